The van der Waals surface area contributed by atoms with Crippen LogP contribution in [-0.4, -0.2) is 54.9 Å². The number of ether oxygens (including phenoxy) is 2. The van der Waals surface area contributed by atoms with Crippen molar-refractivity contribution in [1.29, 1.82) is 0 Å². The number of rotatable bonds is 5. The Morgan fingerprint density at radius 1 is 1.48 bits per heavy atom. The molecular weight excluding hydrogens is 276 g/mol. The molecule has 2 rings (SSSR count). The molecular formula is C14H18N2O5. The van der Waals surface area contributed by atoms with Crippen LogP contribution in [0.25, 0.3) is 0 Å². The zero-order chi connectivity index (χ0) is 15.4. The molecule has 1 saturated heterocycles. The van der Waals surface area contributed by atoms with Gasteiger partial charge in [-0.15, -0.1) is 0 Å². The lowest BCUT2D eigenvalue weighted by atomic mass is 10.0. The number of aromatic nitrogens is 1. The molecule has 2 unspecified atom stereocenters. The van der Waals surface area contributed by atoms with E-state index < -0.39 is 17.9 Å². The number of carboxylic acids is 1. The third kappa shape index (κ3) is 3.30. The Labute approximate surface area is 122 Å². The number of esters is 1. The van der Waals surface area contributed by atoms with Gasteiger partial charge in [-0.05, 0) is 19.1 Å². The first-order chi connectivity index (χ1) is 10.0. The summed E-state index contributed by atoms with van der Waals surface area (Å²) in [7, 11) is 1.77. The molecule has 2 heterocycles. The number of carbonyl (C=O) groups excluding carboxylic acids is 1. The van der Waals surface area contributed by atoms with Crippen molar-refractivity contribution in [2.24, 2.45) is 5.92 Å². The summed E-state index contributed by atoms with van der Waals surface area (Å²) in [5.41, 5.74) is 0.367. The van der Waals surface area contributed by atoms with Gasteiger partial charge < -0.3 is 19.5 Å². The second-order valence-electron chi connectivity index (χ2n) is 4.79. The van der Waals surface area contributed by atoms with Crippen LogP contribution in [0.3, 0.4) is 0 Å². The number of hydrogen-bond donors (Lipinski definition) is 1. The summed E-state index contributed by atoms with van der Waals surface area (Å²) in [6.07, 6.45) is 1.43. The standard InChI is InChI=1S/C14H18N2O5/c1-3-21-14(19)9-4-5-12(15-6-9)16(2)11-8-20-7-10(11)13(17)18/h4-6,10-11H,3,7-8H2,1-2H3,(H,17,18). The number of nitrogens with zero attached hydrogens (tertiary/aromatic N) is 2. The summed E-state index contributed by atoms with van der Waals surface area (Å²) in [4.78, 5) is 28.7. The zero-order valence-corrected chi connectivity index (χ0v) is 12.0. The topological polar surface area (TPSA) is 89.0 Å². The minimum Gasteiger partial charge on any atom is -0.481 e. The molecule has 7 nitrogen and oxygen atoms in total. The van der Waals surface area contributed by atoms with E-state index in [0.29, 0.717) is 24.6 Å². The van der Waals surface area contributed by atoms with Crippen molar-refractivity contribution in [3.63, 3.8) is 0 Å². The Hall–Kier alpha value is -2.15. The summed E-state index contributed by atoms with van der Waals surface area (Å²) in [6, 6.07) is 3.01. The molecule has 7 heteroatoms. The highest BCUT2D eigenvalue weighted by Crippen LogP contribution is 2.23. The van der Waals surface area contributed by atoms with Crippen molar-refractivity contribution in [3.05, 3.63) is 23.9 Å². The van der Waals surface area contributed by atoms with E-state index in [1.807, 2.05) is 0 Å². The second-order valence-corrected chi connectivity index (χ2v) is 4.79. The summed E-state index contributed by atoms with van der Waals surface area (Å²) in [5, 5.41) is 9.17. The summed E-state index contributed by atoms with van der Waals surface area (Å²) >= 11 is 0. The molecule has 0 bridgehead atoms. The monoisotopic (exact) mass is 294 g/mol. The molecule has 1 aromatic heterocycles. The number of likely N-dealkylation sites (N-methyl/N-ethyl adjacent to an activating group) is 1. The van der Waals surface area contributed by atoms with Crippen LogP contribution in [0.1, 0.15) is 17.3 Å². The quantitative estimate of drug-likeness (QED) is 0.803. The van der Waals surface area contributed by atoms with E-state index >= 15 is 0 Å². The van der Waals surface area contributed by atoms with Crippen molar-refractivity contribution in [3.8, 4) is 0 Å². The Kier molecular flexibility index (Phi) is 4.74. The number of aliphatic carboxylic acids is 1. The van der Waals surface area contributed by atoms with E-state index in [9.17, 15) is 9.59 Å². The van der Waals surface area contributed by atoms with Gasteiger partial charge in [0.25, 0.3) is 0 Å². The highest BCUT2D eigenvalue weighted by Gasteiger charge is 2.37. The zero-order valence-electron chi connectivity index (χ0n) is 12.0. The van der Waals surface area contributed by atoms with Crippen LogP contribution >= 0.6 is 0 Å². The van der Waals surface area contributed by atoms with Gasteiger partial charge in [0.1, 0.15) is 11.7 Å². The minimum absolute atomic E-state index is 0.200. The average molecular weight is 294 g/mol. The first kappa shape index (κ1) is 15.2. The minimum atomic E-state index is -0.882. The number of carbonyl (C=O) groups is 2. The van der Waals surface area contributed by atoms with E-state index in [0.717, 1.165) is 0 Å². The van der Waals surface area contributed by atoms with E-state index in [-0.39, 0.29) is 12.6 Å². The van der Waals surface area contributed by atoms with Gasteiger partial charge in [0.2, 0.25) is 0 Å². The highest BCUT2D eigenvalue weighted by atomic mass is 16.5. The van der Waals surface area contributed by atoms with Crippen molar-refractivity contribution in [2.75, 3.05) is 31.8 Å². The largest absolute Gasteiger partial charge is 0.481 e. The van der Waals surface area contributed by atoms with Gasteiger partial charge in [-0.25, -0.2) is 9.78 Å². The lowest BCUT2D eigenvalue weighted by Crippen LogP contribution is -2.41. The van der Waals surface area contributed by atoms with E-state index in [2.05, 4.69) is 4.98 Å². The Balaban J connectivity index is 2.11. The number of hydrogen-bond acceptors (Lipinski definition) is 6. The van der Waals surface area contributed by atoms with Crippen LogP contribution in [0.4, 0.5) is 5.82 Å². The molecule has 1 aromatic rings. The summed E-state index contributed by atoms with van der Waals surface area (Å²) in [6.45, 7) is 2.58. The lowest BCUT2D eigenvalue weighted by Gasteiger charge is -2.27. The number of carboxylic acid groups (broad SMARTS) is 1. The molecule has 0 amide bonds. The Morgan fingerprint density at radius 2 is 2.24 bits per heavy atom. The van der Waals surface area contributed by atoms with Gasteiger partial charge >= 0.3 is 11.9 Å². The van der Waals surface area contributed by atoms with Crippen molar-refractivity contribution >= 4 is 17.8 Å². The van der Waals surface area contributed by atoms with Crippen molar-refractivity contribution < 1.29 is 24.2 Å². The third-order valence-electron chi connectivity index (χ3n) is 3.49. The molecule has 21 heavy (non-hydrogen) atoms. The highest BCUT2D eigenvalue weighted by molar-refractivity contribution is 5.89. The molecule has 2 atom stereocenters. The second kappa shape index (κ2) is 6.53. The number of pyridine rings is 1. The van der Waals surface area contributed by atoms with Gasteiger partial charge in [-0.1, -0.05) is 0 Å². The average Bonchev–Trinajstić information content (AvgIpc) is 2.96. The summed E-state index contributed by atoms with van der Waals surface area (Å²) in [5.74, 6) is -1.30. The molecule has 0 aromatic carbocycles. The van der Waals surface area contributed by atoms with Gasteiger partial charge in [0, 0.05) is 13.2 Å². The van der Waals surface area contributed by atoms with Crippen LogP contribution in [0.2, 0.25) is 0 Å². The maximum atomic E-state index is 11.5. The van der Waals surface area contributed by atoms with Crippen LogP contribution < -0.4 is 4.90 Å². The van der Waals surface area contributed by atoms with Crippen LogP contribution in [-0.2, 0) is 14.3 Å². The molecule has 1 fully saturated rings. The number of anilines is 1. The SMILES string of the molecule is CCOC(=O)c1ccc(N(C)C2COCC2C(=O)O)nc1. The molecule has 0 radical (unpaired) electrons. The van der Waals surface area contributed by atoms with Crippen molar-refractivity contribution in [1.82, 2.24) is 4.98 Å². The van der Waals surface area contributed by atoms with Crippen molar-refractivity contribution in [2.45, 2.75) is 13.0 Å². The smallest absolute Gasteiger partial charge is 0.339 e. The maximum absolute atomic E-state index is 11.5. The van der Waals surface area contributed by atoms with Gasteiger partial charge in [0.05, 0.1) is 31.4 Å². The molecule has 1 N–H and O–H groups in total. The van der Waals surface area contributed by atoms with E-state index in [1.165, 1.54) is 6.20 Å². The normalized spacial score (nSPS) is 21.0. The predicted molar refractivity (Wildman–Crippen MR) is 74.3 cm³/mol. The van der Waals surface area contributed by atoms with E-state index in [4.69, 9.17) is 14.6 Å². The summed E-state index contributed by atoms with van der Waals surface area (Å²) < 4.78 is 10.1. The van der Waals surface area contributed by atoms with Gasteiger partial charge in [-0.2, -0.15) is 0 Å². The van der Waals surface area contributed by atoms with Gasteiger partial charge in [0.15, 0.2) is 0 Å². The van der Waals surface area contributed by atoms with Crippen LogP contribution in [0, 0.1) is 5.92 Å². The third-order valence-corrected chi connectivity index (χ3v) is 3.49. The molecule has 1 aliphatic heterocycles. The fourth-order valence-corrected chi connectivity index (χ4v) is 2.26. The maximum Gasteiger partial charge on any atom is 0.339 e. The Bertz CT molecular complexity index is 517. The fourth-order valence-electron chi connectivity index (χ4n) is 2.26. The Morgan fingerprint density at radius 3 is 2.81 bits per heavy atom. The predicted octanol–water partition coefficient (Wildman–Crippen LogP) is 0.794. The first-order valence-electron chi connectivity index (χ1n) is 6.71. The first-order valence-corrected chi connectivity index (χ1v) is 6.71. The molecule has 0 aliphatic carbocycles. The molecule has 1 aliphatic rings. The van der Waals surface area contributed by atoms with Gasteiger partial charge in [-0.3, -0.25) is 4.79 Å². The van der Waals surface area contributed by atoms with Crippen LogP contribution in [0.5, 0.6) is 0 Å². The lowest BCUT2D eigenvalue weighted by molar-refractivity contribution is -0.141. The van der Waals surface area contributed by atoms with Crippen LogP contribution in [0.15, 0.2) is 18.3 Å². The molecule has 0 saturated carbocycles. The fraction of sp³-hybridized carbons (Fsp3) is 0.500. The van der Waals surface area contributed by atoms with E-state index in [1.54, 1.807) is 31.0 Å². The molecule has 114 valence electrons. The molecule has 0 spiro atoms.